The maximum Gasteiger partial charge on any atom is 0.333 e. The summed E-state index contributed by atoms with van der Waals surface area (Å²) in [5.41, 5.74) is 6.21. The standard InChI is InChI=1S/C66H64Cl2N10O7/c1-7-81-60-36-54-50(65(46(38-69)40-71-54)73-48-23-25-58(52(67)32-48)83-42-44-18-11-9-12-19-44)34-56(60)75-62(22-17-30-77(5)6)85-64(80)28-27-63(79)78(31-16-15-29-76(3)4)57-35-51-55(37-61(57)82-8-2)72-41-47(39-70)66(51)74-49-24-26-59(53(68)33-49)84-43-45-20-13-10-14-21-45/h9-28,32-37,40-41,62,75H,7-8,29-31,42-43H2,1-6H3,(H,71,73)(H,72,74)/b16-15+,22-17+,28-27-. The third-order valence-corrected chi connectivity index (χ3v) is 13.4. The number of nitrogens with zero attached hydrogens (tertiary/aromatic N) is 7. The lowest BCUT2D eigenvalue weighted by molar-refractivity contribution is -0.140. The van der Waals surface area contributed by atoms with Crippen molar-refractivity contribution >= 4 is 91.0 Å². The van der Waals surface area contributed by atoms with E-state index in [1.54, 1.807) is 66.7 Å². The fourth-order valence-electron chi connectivity index (χ4n) is 8.72. The van der Waals surface area contributed by atoms with Gasteiger partial charge in [-0.25, -0.2) is 4.79 Å². The third kappa shape index (κ3) is 16.8. The molecular formula is C66H64Cl2N10O7. The van der Waals surface area contributed by atoms with Gasteiger partial charge in [-0.05, 0) is 108 Å². The highest BCUT2D eigenvalue weighted by molar-refractivity contribution is 6.32. The number of halogens is 2. The lowest BCUT2D eigenvalue weighted by Gasteiger charge is -2.24. The predicted molar refractivity (Wildman–Crippen MR) is 337 cm³/mol. The molecule has 1 atom stereocenters. The van der Waals surface area contributed by atoms with Gasteiger partial charge >= 0.3 is 5.97 Å². The Kier molecular flexibility index (Phi) is 21.7. The molecule has 0 bridgehead atoms. The number of esters is 1. The van der Waals surface area contributed by atoms with Crippen LogP contribution in [-0.4, -0.2) is 98.9 Å². The summed E-state index contributed by atoms with van der Waals surface area (Å²) in [4.78, 5) is 43.4. The number of benzene rings is 6. The molecule has 17 nitrogen and oxygen atoms in total. The number of nitrogens with one attached hydrogen (secondary N) is 3. The summed E-state index contributed by atoms with van der Waals surface area (Å²) < 4.78 is 30.4. The molecule has 85 heavy (non-hydrogen) atoms. The van der Waals surface area contributed by atoms with Crippen LogP contribution in [0.5, 0.6) is 23.0 Å². The van der Waals surface area contributed by atoms with E-state index in [0.29, 0.717) is 115 Å². The highest BCUT2D eigenvalue weighted by Crippen LogP contribution is 2.41. The van der Waals surface area contributed by atoms with Crippen LogP contribution in [0.1, 0.15) is 36.1 Å². The monoisotopic (exact) mass is 1180 g/mol. The van der Waals surface area contributed by atoms with E-state index in [0.717, 1.165) is 23.3 Å². The number of hydrogen-bond acceptors (Lipinski definition) is 16. The highest BCUT2D eigenvalue weighted by atomic mass is 35.5. The molecule has 2 aromatic heterocycles. The van der Waals surface area contributed by atoms with Crippen molar-refractivity contribution in [1.29, 1.82) is 10.5 Å². The summed E-state index contributed by atoms with van der Waals surface area (Å²) in [5.74, 6) is 0.274. The molecule has 0 aliphatic heterocycles. The smallest absolute Gasteiger partial charge is 0.333 e. The van der Waals surface area contributed by atoms with E-state index in [-0.39, 0.29) is 30.9 Å². The Labute approximate surface area is 504 Å². The minimum atomic E-state index is -1.11. The Balaban J connectivity index is 1.08. The molecule has 0 saturated heterocycles. The van der Waals surface area contributed by atoms with Gasteiger partial charge in [-0.1, -0.05) is 102 Å². The highest BCUT2D eigenvalue weighted by Gasteiger charge is 2.23. The lowest BCUT2D eigenvalue weighted by Crippen LogP contribution is -2.30. The van der Waals surface area contributed by atoms with Gasteiger partial charge in [0, 0.05) is 78.5 Å². The Morgan fingerprint density at radius 3 is 1.62 bits per heavy atom. The Morgan fingerprint density at radius 2 is 1.11 bits per heavy atom. The van der Waals surface area contributed by atoms with Crippen LogP contribution >= 0.6 is 23.2 Å². The first-order valence-electron chi connectivity index (χ1n) is 27.3. The van der Waals surface area contributed by atoms with Crippen molar-refractivity contribution in [2.45, 2.75) is 33.3 Å². The van der Waals surface area contributed by atoms with Crippen LogP contribution in [0.4, 0.5) is 34.1 Å². The lowest BCUT2D eigenvalue weighted by atomic mass is 10.1. The number of aromatic nitrogens is 2. The second-order valence-electron chi connectivity index (χ2n) is 19.7. The molecule has 19 heteroatoms. The molecule has 1 unspecified atom stereocenters. The van der Waals surface area contributed by atoms with Gasteiger partial charge in [-0.2, -0.15) is 10.5 Å². The number of carbonyl (C=O) groups excluding carboxylic acids is 2. The van der Waals surface area contributed by atoms with Crippen LogP contribution < -0.4 is 39.8 Å². The quantitative estimate of drug-likeness (QED) is 0.0190. The van der Waals surface area contributed by atoms with Gasteiger partial charge in [0.2, 0.25) is 0 Å². The Bertz CT molecular complexity index is 3830. The number of anilines is 6. The molecule has 6 aromatic carbocycles. The van der Waals surface area contributed by atoms with E-state index in [2.05, 4.69) is 38.1 Å². The van der Waals surface area contributed by atoms with Gasteiger partial charge in [-0.3, -0.25) is 14.8 Å². The molecule has 3 N–H and O–H groups in total. The first-order valence-corrected chi connectivity index (χ1v) is 28.0. The molecule has 0 spiro atoms. The normalized spacial score (nSPS) is 11.7. The molecule has 0 radical (unpaired) electrons. The van der Waals surface area contributed by atoms with E-state index in [4.69, 9.17) is 46.9 Å². The summed E-state index contributed by atoms with van der Waals surface area (Å²) in [6.07, 6.45) is 11.3. The number of hydrogen-bond donors (Lipinski definition) is 3. The van der Waals surface area contributed by atoms with Crippen molar-refractivity contribution in [3.05, 3.63) is 202 Å². The van der Waals surface area contributed by atoms with Crippen LogP contribution in [-0.2, 0) is 27.5 Å². The zero-order valence-electron chi connectivity index (χ0n) is 47.9. The third-order valence-electron chi connectivity index (χ3n) is 12.8. The molecule has 0 saturated carbocycles. The summed E-state index contributed by atoms with van der Waals surface area (Å²) in [6, 6.07) is 41.4. The van der Waals surface area contributed by atoms with E-state index in [9.17, 15) is 20.1 Å². The average Bonchev–Trinajstić information content (AvgIpc) is 2.54. The zero-order chi connectivity index (χ0) is 60.2. The van der Waals surface area contributed by atoms with Crippen LogP contribution in [0, 0.1) is 22.7 Å². The average molecular weight is 1180 g/mol. The number of ether oxygens (including phenoxy) is 5. The number of amides is 1. The van der Waals surface area contributed by atoms with Gasteiger partial charge in [-0.15, -0.1) is 0 Å². The zero-order valence-corrected chi connectivity index (χ0v) is 49.4. The maximum atomic E-state index is 14.7. The van der Waals surface area contributed by atoms with Gasteiger partial charge in [0.15, 0.2) is 6.23 Å². The molecule has 8 rings (SSSR count). The number of pyridine rings is 2. The molecular weight excluding hydrogens is 1120 g/mol. The molecule has 434 valence electrons. The van der Waals surface area contributed by atoms with Crippen molar-refractivity contribution in [1.82, 2.24) is 19.8 Å². The van der Waals surface area contributed by atoms with Crippen molar-refractivity contribution in [3.63, 3.8) is 0 Å². The van der Waals surface area contributed by atoms with Crippen molar-refractivity contribution in [2.24, 2.45) is 0 Å². The van der Waals surface area contributed by atoms with E-state index in [1.807, 2.05) is 131 Å². The first-order chi connectivity index (χ1) is 41.2. The Hall–Kier alpha value is -9.62. The van der Waals surface area contributed by atoms with Gasteiger partial charge in [0.05, 0.1) is 68.2 Å². The largest absolute Gasteiger partial charge is 0.492 e. The SMILES string of the molecule is CCOc1cc2ncc(C#N)c(Nc3ccc(OCc4ccccc4)c(Cl)c3)c2cc1NC(/C=C/CN(C)C)OC(=O)/C=C\C(=O)N(C/C=C/CN(C)C)c1cc2c(Nc3ccc(OCc4ccccc4)c(Cl)c3)c(C#N)cnc2cc1OCC. The summed E-state index contributed by atoms with van der Waals surface area (Å²) in [7, 11) is 7.66. The first kappa shape index (κ1) is 61.5. The van der Waals surface area contributed by atoms with Crippen LogP contribution in [0.2, 0.25) is 10.0 Å². The fourth-order valence-corrected chi connectivity index (χ4v) is 9.19. The molecule has 8 aromatic rings. The second-order valence-corrected chi connectivity index (χ2v) is 20.5. The van der Waals surface area contributed by atoms with Crippen LogP contribution in [0.15, 0.2) is 170 Å². The van der Waals surface area contributed by atoms with Crippen LogP contribution in [0.3, 0.4) is 0 Å². The molecule has 0 fully saturated rings. The molecule has 1 amide bonds. The molecule has 0 aliphatic carbocycles. The number of rotatable bonds is 27. The van der Waals surface area contributed by atoms with Gasteiger partial charge in [0.1, 0.15) is 48.4 Å². The van der Waals surface area contributed by atoms with E-state index >= 15 is 0 Å². The number of fused-ring (bicyclic) bond motifs is 2. The van der Waals surface area contributed by atoms with Crippen LogP contribution in [0.25, 0.3) is 21.8 Å². The van der Waals surface area contributed by atoms with Crippen molar-refractivity contribution in [2.75, 3.05) is 81.9 Å². The second kappa shape index (κ2) is 30.1. The predicted octanol–water partition coefficient (Wildman–Crippen LogP) is 13.4. The van der Waals surface area contributed by atoms with E-state index < -0.39 is 18.1 Å². The van der Waals surface area contributed by atoms with Crippen molar-refractivity contribution in [3.8, 4) is 35.1 Å². The topological polar surface area (TPSA) is 199 Å². The fraction of sp³-hybridized carbons (Fsp3) is 0.212. The molecule has 0 aliphatic rings. The Morgan fingerprint density at radius 1 is 0.600 bits per heavy atom. The molecule has 2 heterocycles. The summed E-state index contributed by atoms with van der Waals surface area (Å²) in [5, 5.41) is 32.6. The van der Waals surface area contributed by atoms with E-state index in [1.165, 1.54) is 17.3 Å². The summed E-state index contributed by atoms with van der Waals surface area (Å²) in [6.45, 7) is 6.00. The minimum Gasteiger partial charge on any atom is -0.492 e. The van der Waals surface area contributed by atoms with Gasteiger partial charge < -0.3 is 54.3 Å². The maximum absolute atomic E-state index is 14.7. The van der Waals surface area contributed by atoms with Crippen molar-refractivity contribution < 1.29 is 33.3 Å². The minimum absolute atomic E-state index is 0.0617. The number of nitriles is 2. The van der Waals surface area contributed by atoms with Gasteiger partial charge in [0.25, 0.3) is 5.91 Å². The number of carbonyl (C=O) groups is 2. The number of likely N-dealkylation sites (N-methyl/N-ethyl adjacent to an activating group) is 2. The summed E-state index contributed by atoms with van der Waals surface area (Å²) >= 11 is 13.5.